The van der Waals surface area contributed by atoms with Gasteiger partial charge in [0, 0.05) is 19.4 Å². The van der Waals surface area contributed by atoms with Crippen molar-refractivity contribution in [2.24, 2.45) is 0 Å². The van der Waals surface area contributed by atoms with E-state index in [1.807, 2.05) is 31.3 Å². The smallest absolute Gasteiger partial charge is 0.225 e. The molecule has 0 N–H and O–H groups in total. The van der Waals surface area contributed by atoms with Crippen LogP contribution in [0, 0.1) is 6.92 Å². The number of rotatable bonds is 4. The average Bonchev–Trinajstić information content (AvgIpc) is 2.75. The zero-order valence-electron chi connectivity index (χ0n) is 10.2. The largest absolute Gasteiger partial charge is 0.339 e. The maximum absolute atomic E-state index is 4.34. The lowest BCUT2D eigenvalue weighted by Crippen LogP contribution is -2.18. The minimum absolute atomic E-state index is 0.731. The number of aryl methyl sites for hydroxylation is 2. The molecule has 0 amide bonds. The first-order valence-electron chi connectivity index (χ1n) is 5.50. The van der Waals surface area contributed by atoms with Crippen molar-refractivity contribution in [1.29, 1.82) is 0 Å². The Labute approximate surface area is 105 Å². The van der Waals surface area contributed by atoms with Crippen LogP contribution >= 0.6 is 11.5 Å². The maximum atomic E-state index is 4.34. The predicted molar refractivity (Wildman–Crippen MR) is 68.2 cm³/mol. The molecular formula is C11H15N5S. The molecule has 0 bridgehead atoms. The number of nitrogens with zero attached hydrogens (tertiary/aromatic N) is 5. The van der Waals surface area contributed by atoms with E-state index in [0.717, 1.165) is 35.0 Å². The fourth-order valence-electron chi connectivity index (χ4n) is 1.41. The van der Waals surface area contributed by atoms with Crippen LogP contribution in [-0.4, -0.2) is 26.6 Å². The van der Waals surface area contributed by atoms with Gasteiger partial charge in [-0.2, -0.15) is 0 Å². The third-order valence-corrected chi connectivity index (χ3v) is 3.38. The molecule has 6 heteroatoms. The van der Waals surface area contributed by atoms with Crippen molar-refractivity contribution in [2.75, 3.05) is 11.9 Å². The molecule has 90 valence electrons. The molecule has 0 aliphatic heterocycles. The van der Waals surface area contributed by atoms with Crippen LogP contribution < -0.4 is 4.90 Å². The zero-order chi connectivity index (χ0) is 12.3. The minimum Gasteiger partial charge on any atom is -0.339 e. The SMILES string of the molecule is CCc1cnc(N(C)Cc2snnc2C)nc1. The van der Waals surface area contributed by atoms with Gasteiger partial charge in [-0.05, 0) is 30.4 Å². The minimum atomic E-state index is 0.731. The predicted octanol–water partition coefficient (Wildman–Crippen LogP) is 1.84. The molecular weight excluding hydrogens is 234 g/mol. The first-order valence-corrected chi connectivity index (χ1v) is 6.28. The van der Waals surface area contributed by atoms with Gasteiger partial charge in [0.15, 0.2) is 0 Å². The summed E-state index contributed by atoms with van der Waals surface area (Å²) in [4.78, 5) is 11.8. The summed E-state index contributed by atoms with van der Waals surface area (Å²) in [6.07, 6.45) is 4.70. The third kappa shape index (κ3) is 2.76. The molecule has 17 heavy (non-hydrogen) atoms. The van der Waals surface area contributed by atoms with E-state index < -0.39 is 0 Å². The second-order valence-electron chi connectivity index (χ2n) is 3.88. The van der Waals surface area contributed by atoms with Gasteiger partial charge in [0.05, 0.1) is 17.1 Å². The van der Waals surface area contributed by atoms with Crippen LogP contribution in [-0.2, 0) is 13.0 Å². The van der Waals surface area contributed by atoms with E-state index in [4.69, 9.17) is 0 Å². The first-order chi connectivity index (χ1) is 8.20. The molecule has 0 saturated carbocycles. The summed E-state index contributed by atoms with van der Waals surface area (Å²) in [5.74, 6) is 0.731. The molecule has 5 nitrogen and oxygen atoms in total. The molecule has 2 heterocycles. The normalized spacial score (nSPS) is 10.5. The van der Waals surface area contributed by atoms with Crippen LogP contribution in [0.15, 0.2) is 12.4 Å². The van der Waals surface area contributed by atoms with Crippen LogP contribution in [0.1, 0.15) is 23.1 Å². The highest BCUT2D eigenvalue weighted by Crippen LogP contribution is 2.14. The highest BCUT2D eigenvalue weighted by molar-refractivity contribution is 7.05. The Balaban J connectivity index is 2.09. The zero-order valence-corrected chi connectivity index (χ0v) is 11.0. The van der Waals surface area contributed by atoms with Gasteiger partial charge in [-0.3, -0.25) is 0 Å². The van der Waals surface area contributed by atoms with Crippen molar-refractivity contribution < 1.29 is 0 Å². The average molecular weight is 249 g/mol. The van der Waals surface area contributed by atoms with Crippen molar-refractivity contribution in [1.82, 2.24) is 19.6 Å². The van der Waals surface area contributed by atoms with Gasteiger partial charge in [-0.25, -0.2) is 9.97 Å². The molecule has 0 spiro atoms. The monoisotopic (exact) mass is 249 g/mol. The quantitative estimate of drug-likeness (QED) is 0.827. The van der Waals surface area contributed by atoms with Crippen LogP contribution in [0.3, 0.4) is 0 Å². The van der Waals surface area contributed by atoms with E-state index in [0.29, 0.717) is 0 Å². The van der Waals surface area contributed by atoms with E-state index in [1.165, 1.54) is 11.5 Å². The molecule has 2 aromatic heterocycles. The van der Waals surface area contributed by atoms with Gasteiger partial charge in [-0.1, -0.05) is 11.4 Å². The summed E-state index contributed by atoms with van der Waals surface area (Å²) in [7, 11) is 1.97. The van der Waals surface area contributed by atoms with Gasteiger partial charge in [0.25, 0.3) is 0 Å². The Morgan fingerprint density at radius 1 is 1.29 bits per heavy atom. The molecule has 0 saturated heterocycles. The van der Waals surface area contributed by atoms with Crippen molar-refractivity contribution in [3.8, 4) is 0 Å². The Bertz CT molecular complexity index is 479. The summed E-state index contributed by atoms with van der Waals surface area (Å²) in [5.41, 5.74) is 2.13. The fourth-order valence-corrected chi connectivity index (χ4v) is 2.10. The van der Waals surface area contributed by atoms with Crippen molar-refractivity contribution >= 4 is 17.5 Å². The molecule has 2 aromatic rings. The second kappa shape index (κ2) is 5.18. The Hall–Kier alpha value is -1.56. The molecule has 0 fully saturated rings. The molecule has 0 aliphatic rings. The molecule has 2 rings (SSSR count). The van der Waals surface area contributed by atoms with E-state index in [2.05, 4.69) is 26.5 Å². The summed E-state index contributed by atoms with van der Waals surface area (Å²) in [6.45, 7) is 4.80. The van der Waals surface area contributed by atoms with Crippen LogP contribution in [0.4, 0.5) is 5.95 Å². The molecule has 0 unspecified atom stereocenters. The second-order valence-corrected chi connectivity index (χ2v) is 4.72. The Kier molecular flexibility index (Phi) is 3.63. The summed E-state index contributed by atoms with van der Waals surface area (Å²) >= 11 is 1.42. The van der Waals surface area contributed by atoms with Crippen molar-refractivity contribution in [3.05, 3.63) is 28.5 Å². The molecule has 0 aliphatic carbocycles. The van der Waals surface area contributed by atoms with E-state index in [9.17, 15) is 0 Å². The van der Waals surface area contributed by atoms with E-state index in [1.54, 1.807) is 0 Å². The van der Waals surface area contributed by atoms with Crippen LogP contribution in [0.2, 0.25) is 0 Å². The number of aromatic nitrogens is 4. The van der Waals surface area contributed by atoms with Gasteiger partial charge < -0.3 is 4.90 Å². The van der Waals surface area contributed by atoms with Crippen LogP contribution in [0.25, 0.3) is 0 Å². The van der Waals surface area contributed by atoms with Gasteiger partial charge in [0.2, 0.25) is 5.95 Å². The molecule has 0 atom stereocenters. The number of anilines is 1. The van der Waals surface area contributed by atoms with E-state index >= 15 is 0 Å². The highest BCUT2D eigenvalue weighted by atomic mass is 32.1. The third-order valence-electron chi connectivity index (χ3n) is 2.57. The van der Waals surface area contributed by atoms with Crippen molar-refractivity contribution in [2.45, 2.75) is 26.8 Å². The summed E-state index contributed by atoms with van der Waals surface area (Å²) < 4.78 is 3.92. The highest BCUT2D eigenvalue weighted by Gasteiger charge is 2.09. The number of hydrogen-bond acceptors (Lipinski definition) is 6. The Morgan fingerprint density at radius 2 is 2.00 bits per heavy atom. The molecule has 0 aromatic carbocycles. The molecule has 0 radical (unpaired) electrons. The van der Waals surface area contributed by atoms with Gasteiger partial charge in [0.1, 0.15) is 0 Å². The topological polar surface area (TPSA) is 54.8 Å². The van der Waals surface area contributed by atoms with Crippen LogP contribution in [0.5, 0.6) is 0 Å². The summed E-state index contributed by atoms with van der Waals surface area (Å²) in [6, 6.07) is 0. The maximum Gasteiger partial charge on any atom is 0.225 e. The lowest BCUT2D eigenvalue weighted by Gasteiger charge is -2.15. The summed E-state index contributed by atoms with van der Waals surface area (Å²) in [5, 5.41) is 3.99. The standard InChI is InChI=1S/C11H15N5S/c1-4-9-5-12-11(13-6-9)16(3)7-10-8(2)14-15-17-10/h5-6H,4,7H2,1-3H3. The van der Waals surface area contributed by atoms with Crippen molar-refractivity contribution in [3.63, 3.8) is 0 Å². The Morgan fingerprint density at radius 3 is 2.53 bits per heavy atom. The lowest BCUT2D eigenvalue weighted by molar-refractivity contribution is 0.861. The van der Waals surface area contributed by atoms with Gasteiger partial charge in [-0.15, -0.1) is 5.10 Å². The van der Waals surface area contributed by atoms with Gasteiger partial charge >= 0.3 is 0 Å². The van der Waals surface area contributed by atoms with E-state index in [-0.39, 0.29) is 0 Å². The first kappa shape index (κ1) is 11.9. The number of hydrogen-bond donors (Lipinski definition) is 0. The fraction of sp³-hybridized carbons (Fsp3) is 0.455. The lowest BCUT2D eigenvalue weighted by atomic mass is 10.3.